The quantitative estimate of drug-likeness (QED) is 0.511. The molecule has 1 aromatic carbocycles. The highest BCUT2D eigenvalue weighted by Gasteiger charge is 2.22. The van der Waals surface area contributed by atoms with E-state index in [1.807, 2.05) is 6.92 Å². The van der Waals surface area contributed by atoms with Crippen molar-refractivity contribution >= 4 is 11.6 Å². The minimum Gasteiger partial charge on any atom is -0.496 e. The molecule has 0 radical (unpaired) electrons. The monoisotopic (exact) mass is 426 g/mol. The van der Waals surface area contributed by atoms with Crippen LogP contribution in [0.5, 0.6) is 5.75 Å². The number of halogens is 2. The fourth-order valence-electron chi connectivity index (χ4n) is 3.39. The second-order valence-electron chi connectivity index (χ2n) is 6.96. The van der Waals surface area contributed by atoms with Gasteiger partial charge in [-0.15, -0.1) is 0 Å². The summed E-state index contributed by atoms with van der Waals surface area (Å²) in [7, 11) is 3.28. The number of hydrogen-bond acceptors (Lipinski definition) is 5. The van der Waals surface area contributed by atoms with Crippen LogP contribution in [-0.4, -0.2) is 37.4 Å². The van der Waals surface area contributed by atoms with E-state index in [9.17, 15) is 13.6 Å². The number of rotatable bonds is 6. The van der Waals surface area contributed by atoms with Gasteiger partial charge < -0.3 is 10.1 Å². The van der Waals surface area contributed by atoms with Crippen LogP contribution in [0, 0.1) is 6.92 Å². The Balaban J connectivity index is 1.75. The standard InChI is InChI=1S/C21H20F2N6O2/c1-12-13(11-28(2)27-12)9-24-21(30)15-10-25-29-17(19(22)23)8-16(26-20(15)29)14-6-4-5-7-18(14)31-3/h4-8,10-11,19H,9H2,1-3H3,(H,24,30). The number of aromatic nitrogens is 5. The van der Waals surface area contributed by atoms with E-state index in [1.165, 1.54) is 19.4 Å². The summed E-state index contributed by atoms with van der Waals surface area (Å²) < 4.78 is 35.5. The van der Waals surface area contributed by atoms with Gasteiger partial charge >= 0.3 is 0 Å². The maximum absolute atomic E-state index is 13.8. The first kappa shape index (κ1) is 20.5. The first-order chi connectivity index (χ1) is 14.9. The van der Waals surface area contributed by atoms with E-state index in [2.05, 4.69) is 20.5 Å². The van der Waals surface area contributed by atoms with Crippen LogP contribution in [-0.2, 0) is 13.6 Å². The molecule has 0 aliphatic carbocycles. The summed E-state index contributed by atoms with van der Waals surface area (Å²) in [5.41, 5.74) is 2.21. The van der Waals surface area contributed by atoms with Gasteiger partial charge in [0.05, 0.1) is 24.7 Å². The molecule has 0 saturated carbocycles. The molecule has 10 heteroatoms. The molecular formula is C21H20F2N6O2. The van der Waals surface area contributed by atoms with E-state index in [1.54, 1.807) is 42.2 Å². The molecule has 0 fully saturated rings. The third kappa shape index (κ3) is 3.83. The number of hydrogen-bond donors (Lipinski definition) is 1. The highest BCUT2D eigenvalue weighted by molar-refractivity contribution is 5.99. The molecule has 0 aliphatic heterocycles. The highest BCUT2D eigenvalue weighted by Crippen LogP contribution is 2.32. The second-order valence-corrected chi connectivity index (χ2v) is 6.96. The largest absolute Gasteiger partial charge is 0.496 e. The van der Waals surface area contributed by atoms with Crippen molar-refractivity contribution in [3.63, 3.8) is 0 Å². The molecule has 1 amide bonds. The first-order valence-electron chi connectivity index (χ1n) is 9.46. The number of nitrogens with zero attached hydrogens (tertiary/aromatic N) is 5. The summed E-state index contributed by atoms with van der Waals surface area (Å²) >= 11 is 0. The smallest absolute Gasteiger partial charge is 0.280 e. The molecule has 0 spiro atoms. The van der Waals surface area contributed by atoms with Crippen LogP contribution in [0.3, 0.4) is 0 Å². The number of ether oxygens (including phenoxy) is 1. The lowest BCUT2D eigenvalue weighted by Crippen LogP contribution is -2.23. The molecule has 160 valence electrons. The van der Waals surface area contributed by atoms with Crippen LogP contribution >= 0.6 is 0 Å². The topological polar surface area (TPSA) is 86.3 Å². The van der Waals surface area contributed by atoms with Gasteiger partial charge in [-0.1, -0.05) is 12.1 Å². The Hall–Kier alpha value is -3.82. The van der Waals surface area contributed by atoms with Crippen molar-refractivity contribution in [3.8, 4) is 17.0 Å². The summed E-state index contributed by atoms with van der Waals surface area (Å²) in [5, 5.41) is 11.0. The average molecular weight is 426 g/mol. The third-order valence-corrected chi connectivity index (χ3v) is 4.91. The maximum Gasteiger partial charge on any atom is 0.280 e. The van der Waals surface area contributed by atoms with Gasteiger partial charge in [0, 0.05) is 30.9 Å². The minimum atomic E-state index is -2.81. The lowest BCUT2D eigenvalue weighted by molar-refractivity contribution is 0.0952. The normalized spacial score (nSPS) is 11.3. The molecule has 1 N–H and O–H groups in total. The maximum atomic E-state index is 13.8. The summed E-state index contributed by atoms with van der Waals surface area (Å²) in [5.74, 6) is 0.0142. The number of aryl methyl sites for hydroxylation is 2. The van der Waals surface area contributed by atoms with Crippen LogP contribution in [0.1, 0.15) is 33.7 Å². The van der Waals surface area contributed by atoms with Gasteiger partial charge in [-0.3, -0.25) is 9.48 Å². The predicted molar refractivity (Wildman–Crippen MR) is 109 cm³/mol. The number of benzene rings is 1. The lowest BCUT2D eigenvalue weighted by Gasteiger charge is -2.11. The number of carbonyl (C=O) groups is 1. The number of nitrogens with one attached hydrogen (secondary N) is 1. The van der Waals surface area contributed by atoms with Crippen LogP contribution in [0.4, 0.5) is 8.78 Å². The average Bonchev–Trinajstić information content (AvgIpc) is 3.33. The van der Waals surface area contributed by atoms with Gasteiger partial charge in [-0.25, -0.2) is 18.3 Å². The van der Waals surface area contributed by atoms with Crippen molar-refractivity contribution in [1.29, 1.82) is 0 Å². The van der Waals surface area contributed by atoms with Crippen molar-refractivity contribution in [3.05, 3.63) is 65.2 Å². The zero-order valence-corrected chi connectivity index (χ0v) is 17.1. The first-order valence-corrected chi connectivity index (χ1v) is 9.46. The molecule has 3 heterocycles. The fourth-order valence-corrected chi connectivity index (χ4v) is 3.39. The molecule has 4 aromatic rings. The van der Waals surface area contributed by atoms with Crippen LogP contribution in [0.15, 0.2) is 42.7 Å². The molecule has 31 heavy (non-hydrogen) atoms. The lowest BCUT2D eigenvalue weighted by atomic mass is 10.1. The SMILES string of the molecule is COc1ccccc1-c1cc(C(F)F)n2ncc(C(=O)NCc3cn(C)nc3C)c2n1. The van der Waals surface area contributed by atoms with Gasteiger partial charge in [0.2, 0.25) is 0 Å². The van der Waals surface area contributed by atoms with Crippen molar-refractivity contribution in [1.82, 2.24) is 29.7 Å². The number of alkyl halides is 2. The van der Waals surface area contributed by atoms with Gasteiger partial charge in [-0.05, 0) is 25.1 Å². The van der Waals surface area contributed by atoms with Gasteiger partial charge in [0.15, 0.2) is 5.65 Å². The Bertz CT molecular complexity index is 1260. The Morgan fingerprint density at radius 1 is 1.29 bits per heavy atom. The van der Waals surface area contributed by atoms with Gasteiger partial charge in [-0.2, -0.15) is 10.2 Å². The number of fused-ring (bicyclic) bond motifs is 1. The fraction of sp³-hybridized carbons (Fsp3) is 0.238. The number of carbonyl (C=O) groups excluding carboxylic acids is 1. The molecule has 8 nitrogen and oxygen atoms in total. The van der Waals surface area contributed by atoms with E-state index in [0.29, 0.717) is 11.3 Å². The summed E-state index contributed by atoms with van der Waals surface area (Å²) in [6.45, 7) is 2.08. The van der Waals surface area contributed by atoms with E-state index >= 15 is 0 Å². The molecule has 0 atom stereocenters. The summed E-state index contributed by atoms with van der Waals surface area (Å²) in [4.78, 5) is 17.3. The van der Waals surface area contributed by atoms with Crippen molar-refractivity contribution in [2.75, 3.05) is 7.11 Å². The zero-order valence-electron chi connectivity index (χ0n) is 17.1. The number of para-hydroxylation sites is 1. The Kier molecular flexibility index (Phi) is 5.37. The minimum absolute atomic E-state index is 0.0408. The van der Waals surface area contributed by atoms with Gasteiger partial charge in [0.1, 0.15) is 17.0 Å². The molecule has 0 aliphatic rings. The molecule has 3 aromatic heterocycles. The summed E-state index contributed by atoms with van der Waals surface area (Å²) in [6.07, 6.45) is 0.234. The van der Waals surface area contributed by atoms with Crippen LogP contribution in [0.2, 0.25) is 0 Å². The Morgan fingerprint density at radius 2 is 2.06 bits per heavy atom. The molecule has 4 rings (SSSR count). The molecule has 0 saturated heterocycles. The molecule has 0 unspecified atom stereocenters. The Labute approximate surface area is 176 Å². The second kappa shape index (κ2) is 8.13. The number of methoxy groups -OCH3 is 1. The summed E-state index contributed by atoms with van der Waals surface area (Å²) in [6, 6.07) is 8.21. The van der Waals surface area contributed by atoms with E-state index in [0.717, 1.165) is 15.8 Å². The highest BCUT2D eigenvalue weighted by atomic mass is 19.3. The van der Waals surface area contributed by atoms with Crippen molar-refractivity contribution in [2.24, 2.45) is 7.05 Å². The third-order valence-electron chi connectivity index (χ3n) is 4.91. The van der Waals surface area contributed by atoms with E-state index < -0.39 is 12.3 Å². The van der Waals surface area contributed by atoms with E-state index in [-0.39, 0.29) is 29.1 Å². The van der Waals surface area contributed by atoms with Crippen LogP contribution < -0.4 is 10.1 Å². The zero-order chi connectivity index (χ0) is 22.1. The van der Waals surface area contributed by atoms with Crippen LogP contribution in [0.25, 0.3) is 16.9 Å². The molecule has 0 bridgehead atoms. The van der Waals surface area contributed by atoms with E-state index in [4.69, 9.17) is 4.74 Å². The number of amides is 1. The van der Waals surface area contributed by atoms with Crippen molar-refractivity contribution < 1.29 is 18.3 Å². The Morgan fingerprint density at radius 3 is 2.74 bits per heavy atom. The van der Waals surface area contributed by atoms with Crippen molar-refractivity contribution in [2.45, 2.75) is 19.9 Å². The van der Waals surface area contributed by atoms with Gasteiger partial charge in [0.25, 0.3) is 12.3 Å². The molecular weight excluding hydrogens is 406 g/mol. The predicted octanol–water partition coefficient (Wildman–Crippen LogP) is 3.31.